The summed E-state index contributed by atoms with van der Waals surface area (Å²) in [4.78, 5) is 15.6. The molecule has 0 spiro atoms. The van der Waals surface area contributed by atoms with E-state index in [2.05, 4.69) is 158 Å². The van der Waals surface area contributed by atoms with Gasteiger partial charge < -0.3 is 0 Å². The third-order valence-electron chi connectivity index (χ3n) is 10.4. The number of benzene rings is 7. The van der Waals surface area contributed by atoms with Crippen molar-refractivity contribution in [3.05, 3.63) is 176 Å². The molecule has 0 fully saturated rings. The van der Waals surface area contributed by atoms with Gasteiger partial charge in [0, 0.05) is 63.8 Å². The van der Waals surface area contributed by atoms with E-state index in [0.717, 1.165) is 72.2 Å². The lowest BCUT2D eigenvalue weighted by atomic mass is 9.94. The Morgan fingerprint density at radius 1 is 0.340 bits per heavy atom. The van der Waals surface area contributed by atoms with Gasteiger partial charge in [0.2, 0.25) is 0 Å². The molecule has 0 saturated heterocycles. The Morgan fingerprint density at radius 2 is 0.906 bits per heavy atom. The Balaban J connectivity index is 1.03. The molecule has 0 aliphatic heterocycles. The van der Waals surface area contributed by atoms with Crippen LogP contribution in [-0.4, -0.2) is 15.0 Å². The van der Waals surface area contributed by atoms with Crippen molar-refractivity contribution in [1.29, 1.82) is 0 Å². The first-order valence-corrected chi connectivity index (χ1v) is 18.7. The number of fused-ring (bicyclic) bond motifs is 10. The van der Waals surface area contributed by atoms with Gasteiger partial charge in [-0.1, -0.05) is 146 Å². The summed E-state index contributed by atoms with van der Waals surface area (Å²) in [7, 11) is 0. The van der Waals surface area contributed by atoms with Crippen LogP contribution in [0.25, 0.3) is 109 Å². The highest BCUT2D eigenvalue weighted by molar-refractivity contribution is 7.26. The maximum absolute atomic E-state index is 5.36. The SMILES string of the molecule is c1ccc(-c2ccc3ccc4ccc(-c5ccc(-c6ccc7c(c6)nc(-c6ccccc6)c6ccc8sc9ccccc9c8c67)cc5)nc4c3n2)cc1. The van der Waals surface area contributed by atoms with Crippen molar-refractivity contribution < 1.29 is 0 Å². The van der Waals surface area contributed by atoms with E-state index in [1.807, 2.05) is 29.5 Å². The highest BCUT2D eigenvalue weighted by Gasteiger charge is 2.17. The van der Waals surface area contributed by atoms with E-state index in [-0.39, 0.29) is 0 Å². The van der Waals surface area contributed by atoms with Crippen LogP contribution in [0.3, 0.4) is 0 Å². The van der Waals surface area contributed by atoms with Gasteiger partial charge in [0.25, 0.3) is 0 Å². The molecule has 7 aromatic carbocycles. The van der Waals surface area contributed by atoms with Crippen molar-refractivity contribution in [1.82, 2.24) is 15.0 Å². The molecule has 0 amide bonds. The van der Waals surface area contributed by atoms with Gasteiger partial charge in [0.05, 0.1) is 33.6 Å². The molecule has 4 heterocycles. The van der Waals surface area contributed by atoms with E-state index >= 15 is 0 Å². The molecular formula is C49H29N3S. The van der Waals surface area contributed by atoms with E-state index in [0.29, 0.717) is 0 Å². The van der Waals surface area contributed by atoms with Gasteiger partial charge >= 0.3 is 0 Å². The molecule has 0 aliphatic rings. The molecule has 0 aliphatic carbocycles. The Bertz CT molecular complexity index is 3200. The minimum atomic E-state index is 0.913. The van der Waals surface area contributed by atoms with E-state index in [1.165, 1.54) is 36.3 Å². The second kappa shape index (κ2) is 11.9. The Morgan fingerprint density at radius 3 is 1.62 bits per heavy atom. The highest BCUT2D eigenvalue weighted by Crippen LogP contribution is 2.44. The van der Waals surface area contributed by atoms with E-state index in [9.17, 15) is 0 Å². The van der Waals surface area contributed by atoms with Gasteiger partial charge in [-0.25, -0.2) is 15.0 Å². The number of pyridine rings is 3. The molecular weight excluding hydrogens is 663 g/mol. The lowest BCUT2D eigenvalue weighted by molar-refractivity contribution is 1.36. The topological polar surface area (TPSA) is 38.7 Å². The molecule has 11 aromatic rings. The Labute approximate surface area is 309 Å². The summed E-state index contributed by atoms with van der Waals surface area (Å²) < 4.78 is 2.60. The van der Waals surface area contributed by atoms with Crippen molar-refractivity contribution in [2.75, 3.05) is 0 Å². The maximum Gasteiger partial charge on any atom is 0.0972 e. The van der Waals surface area contributed by atoms with Gasteiger partial charge in [-0.15, -0.1) is 11.3 Å². The van der Waals surface area contributed by atoms with E-state index < -0.39 is 0 Å². The first-order chi connectivity index (χ1) is 26.2. The minimum absolute atomic E-state index is 0.913. The number of nitrogens with zero attached hydrogens (tertiary/aromatic N) is 3. The van der Waals surface area contributed by atoms with E-state index in [1.54, 1.807) is 0 Å². The molecule has 3 nitrogen and oxygen atoms in total. The lowest BCUT2D eigenvalue weighted by Crippen LogP contribution is -1.92. The molecule has 11 rings (SSSR count). The third-order valence-corrected chi connectivity index (χ3v) is 11.6. The monoisotopic (exact) mass is 691 g/mol. The van der Waals surface area contributed by atoms with Crippen molar-refractivity contribution >= 4 is 75.0 Å². The molecule has 0 radical (unpaired) electrons. The summed E-state index contributed by atoms with van der Waals surface area (Å²) >= 11 is 1.86. The molecule has 0 bridgehead atoms. The zero-order valence-electron chi connectivity index (χ0n) is 28.5. The van der Waals surface area contributed by atoms with Crippen LogP contribution in [0.1, 0.15) is 0 Å². The van der Waals surface area contributed by atoms with Crippen molar-refractivity contribution in [2.45, 2.75) is 0 Å². The van der Waals surface area contributed by atoms with Crippen molar-refractivity contribution in [3.8, 4) is 44.9 Å². The van der Waals surface area contributed by atoms with Crippen molar-refractivity contribution in [2.24, 2.45) is 0 Å². The Hall–Kier alpha value is -6.75. The average Bonchev–Trinajstić information content (AvgIpc) is 3.62. The number of hydrogen-bond donors (Lipinski definition) is 0. The smallest absolute Gasteiger partial charge is 0.0972 e. The normalized spacial score (nSPS) is 11.8. The molecule has 4 aromatic heterocycles. The first kappa shape index (κ1) is 29.9. The molecule has 246 valence electrons. The summed E-state index contributed by atoms with van der Waals surface area (Å²) in [6.07, 6.45) is 0. The largest absolute Gasteiger partial charge is 0.247 e. The zero-order chi connectivity index (χ0) is 34.9. The quantitative estimate of drug-likeness (QED) is 0.172. The summed E-state index contributed by atoms with van der Waals surface area (Å²) in [6.45, 7) is 0. The van der Waals surface area contributed by atoms with Crippen LogP contribution in [0.15, 0.2) is 176 Å². The van der Waals surface area contributed by atoms with Crippen LogP contribution in [0, 0.1) is 0 Å². The fraction of sp³-hybridized carbons (Fsp3) is 0. The molecule has 4 heteroatoms. The summed E-state index contributed by atoms with van der Waals surface area (Å²) in [5, 5.41) is 8.39. The van der Waals surface area contributed by atoms with Gasteiger partial charge in [-0.3, -0.25) is 0 Å². The van der Waals surface area contributed by atoms with Crippen LogP contribution in [0.2, 0.25) is 0 Å². The predicted molar refractivity (Wildman–Crippen MR) is 224 cm³/mol. The van der Waals surface area contributed by atoms with Gasteiger partial charge in [-0.05, 0) is 41.5 Å². The summed E-state index contributed by atoms with van der Waals surface area (Å²) in [5.41, 5.74) is 11.3. The van der Waals surface area contributed by atoms with Crippen LogP contribution >= 0.6 is 11.3 Å². The summed E-state index contributed by atoms with van der Waals surface area (Å²) in [5.74, 6) is 0. The third kappa shape index (κ3) is 4.91. The van der Waals surface area contributed by atoms with Crippen LogP contribution in [0.4, 0.5) is 0 Å². The lowest BCUT2D eigenvalue weighted by Gasteiger charge is -2.13. The second-order valence-electron chi connectivity index (χ2n) is 13.6. The predicted octanol–water partition coefficient (Wildman–Crippen LogP) is 13.5. The van der Waals surface area contributed by atoms with E-state index in [4.69, 9.17) is 15.0 Å². The van der Waals surface area contributed by atoms with Crippen LogP contribution in [-0.2, 0) is 0 Å². The zero-order valence-corrected chi connectivity index (χ0v) is 29.3. The summed E-state index contributed by atoms with van der Waals surface area (Å²) in [6, 6.07) is 62.4. The Kier molecular flexibility index (Phi) is 6.73. The number of thiophene rings is 1. The first-order valence-electron chi connectivity index (χ1n) is 17.9. The molecule has 53 heavy (non-hydrogen) atoms. The van der Waals surface area contributed by atoms with Gasteiger partial charge in [0.1, 0.15) is 0 Å². The number of rotatable bonds is 4. The fourth-order valence-electron chi connectivity index (χ4n) is 7.84. The molecule has 0 unspecified atom stereocenters. The standard InChI is InChI=1S/C49H29N3S/c1-3-9-31(10-4-1)40-26-22-34-19-20-35-23-27-41(51-49(35)48(34)50-40)32-17-15-30(16-18-32)36-21-24-37-42(29-36)52-47(33-11-5-2-6-12-33)39-25-28-44-46(45(37)39)38-13-7-8-14-43(38)53-44/h1-29H. The van der Waals surface area contributed by atoms with Crippen LogP contribution < -0.4 is 0 Å². The van der Waals surface area contributed by atoms with Gasteiger partial charge in [0.15, 0.2) is 0 Å². The average molecular weight is 692 g/mol. The minimum Gasteiger partial charge on any atom is -0.247 e. The van der Waals surface area contributed by atoms with Crippen molar-refractivity contribution in [3.63, 3.8) is 0 Å². The molecule has 0 saturated carbocycles. The highest BCUT2D eigenvalue weighted by atomic mass is 32.1. The van der Waals surface area contributed by atoms with Gasteiger partial charge in [-0.2, -0.15) is 0 Å². The number of hydrogen-bond acceptors (Lipinski definition) is 4. The number of aromatic nitrogens is 3. The van der Waals surface area contributed by atoms with Crippen LogP contribution in [0.5, 0.6) is 0 Å². The maximum atomic E-state index is 5.36. The second-order valence-corrected chi connectivity index (χ2v) is 14.6. The molecule has 0 N–H and O–H groups in total. The fourth-order valence-corrected chi connectivity index (χ4v) is 8.95. The molecule has 0 atom stereocenters.